The molecular formula is C11H15F3N2O2. The Morgan fingerprint density at radius 1 is 1.44 bits per heavy atom. The van der Waals surface area contributed by atoms with Crippen LogP contribution in [0.5, 0.6) is 0 Å². The number of alkyl halides is 3. The van der Waals surface area contributed by atoms with Crippen LogP contribution in [0.3, 0.4) is 0 Å². The molecule has 1 heterocycles. The van der Waals surface area contributed by atoms with Gasteiger partial charge in [-0.3, -0.25) is 0 Å². The zero-order chi connectivity index (χ0) is 13.6. The van der Waals surface area contributed by atoms with Gasteiger partial charge in [0.2, 0.25) is 0 Å². The summed E-state index contributed by atoms with van der Waals surface area (Å²) in [6.07, 6.45) is -3.25. The number of ether oxygens (including phenoxy) is 1. The van der Waals surface area contributed by atoms with Gasteiger partial charge in [0.1, 0.15) is 12.4 Å². The maximum atomic E-state index is 11.8. The number of nitrogen functional groups attached to an aromatic ring is 1. The molecule has 3 N–H and O–H groups in total. The number of nitrogens with two attached hydrogens (primary N) is 1. The van der Waals surface area contributed by atoms with Gasteiger partial charge in [-0.15, -0.1) is 0 Å². The van der Waals surface area contributed by atoms with Crippen LogP contribution in [0, 0.1) is 0 Å². The van der Waals surface area contributed by atoms with Crippen molar-refractivity contribution in [1.29, 1.82) is 0 Å². The molecule has 1 unspecified atom stereocenters. The van der Waals surface area contributed by atoms with Crippen LogP contribution in [-0.2, 0) is 11.2 Å². The number of halogens is 3. The first kappa shape index (κ1) is 14.7. The molecule has 0 amide bonds. The van der Waals surface area contributed by atoms with E-state index in [1.54, 1.807) is 12.1 Å². The first-order chi connectivity index (χ1) is 8.38. The van der Waals surface area contributed by atoms with Crippen molar-refractivity contribution in [3.63, 3.8) is 0 Å². The first-order valence-electron chi connectivity index (χ1n) is 5.40. The Morgan fingerprint density at radius 3 is 2.78 bits per heavy atom. The van der Waals surface area contributed by atoms with Crippen LogP contribution in [0.4, 0.5) is 19.0 Å². The van der Waals surface area contributed by atoms with E-state index in [1.165, 1.54) is 6.20 Å². The van der Waals surface area contributed by atoms with E-state index in [-0.39, 0.29) is 19.4 Å². The van der Waals surface area contributed by atoms with E-state index in [0.29, 0.717) is 11.4 Å². The Bertz CT molecular complexity index is 372. The summed E-state index contributed by atoms with van der Waals surface area (Å²) in [4.78, 5) is 3.85. The Balaban J connectivity index is 2.26. The lowest BCUT2D eigenvalue weighted by atomic mass is 10.1. The number of nitrogens with zero attached hydrogens (tertiary/aromatic N) is 1. The van der Waals surface area contributed by atoms with Gasteiger partial charge < -0.3 is 15.6 Å². The highest BCUT2D eigenvalue weighted by Gasteiger charge is 2.27. The monoisotopic (exact) mass is 264 g/mol. The van der Waals surface area contributed by atoms with E-state index in [2.05, 4.69) is 9.72 Å². The minimum atomic E-state index is -4.33. The van der Waals surface area contributed by atoms with Crippen molar-refractivity contribution in [2.45, 2.75) is 25.1 Å². The molecule has 1 aromatic rings. The van der Waals surface area contributed by atoms with E-state index in [0.717, 1.165) is 0 Å². The molecule has 0 aliphatic rings. The Morgan fingerprint density at radius 2 is 2.17 bits per heavy atom. The smallest absolute Gasteiger partial charge is 0.393 e. The van der Waals surface area contributed by atoms with Crippen molar-refractivity contribution in [3.05, 3.63) is 23.9 Å². The molecular weight excluding hydrogens is 249 g/mol. The van der Waals surface area contributed by atoms with E-state index in [4.69, 9.17) is 5.73 Å². The van der Waals surface area contributed by atoms with Gasteiger partial charge in [0.05, 0.1) is 6.10 Å². The summed E-state index contributed by atoms with van der Waals surface area (Å²) < 4.78 is 39.7. The van der Waals surface area contributed by atoms with Crippen LogP contribution in [0.25, 0.3) is 0 Å². The second kappa shape index (κ2) is 6.55. The van der Waals surface area contributed by atoms with Crippen LogP contribution < -0.4 is 5.73 Å². The summed E-state index contributed by atoms with van der Waals surface area (Å²) in [5, 5.41) is 9.61. The summed E-state index contributed by atoms with van der Waals surface area (Å²) >= 11 is 0. The predicted octanol–water partition coefficient (Wildman–Crippen LogP) is 1.54. The molecule has 0 aromatic carbocycles. The molecule has 0 spiro atoms. The number of pyridine rings is 1. The summed E-state index contributed by atoms with van der Waals surface area (Å²) in [5.41, 5.74) is 6.25. The molecule has 0 fully saturated rings. The second-order valence-electron chi connectivity index (χ2n) is 3.86. The van der Waals surface area contributed by atoms with E-state index >= 15 is 0 Å². The first-order valence-corrected chi connectivity index (χ1v) is 5.40. The van der Waals surface area contributed by atoms with E-state index < -0.39 is 18.9 Å². The number of aliphatic hydroxyl groups is 1. The van der Waals surface area contributed by atoms with Crippen molar-refractivity contribution in [3.8, 4) is 0 Å². The van der Waals surface area contributed by atoms with Crippen LogP contribution >= 0.6 is 0 Å². The minimum absolute atomic E-state index is 0.115. The summed E-state index contributed by atoms with van der Waals surface area (Å²) in [5.74, 6) is 0.313. The Hall–Kier alpha value is -1.34. The quantitative estimate of drug-likeness (QED) is 0.765. The average Bonchev–Trinajstić information content (AvgIpc) is 2.26. The Kier molecular flexibility index (Phi) is 5.36. The SMILES string of the molecule is Nc1ncccc1CC(O)CCOCC(F)(F)F. The van der Waals surface area contributed by atoms with Gasteiger partial charge in [0, 0.05) is 19.2 Å². The number of anilines is 1. The van der Waals surface area contributed by atoms with Crippen LogP contribution in [0.1, 0.15) is 12.0 Å². The van der Waals surface area contributed by atoms with Crippen molar-refractivity contribution >= 4 is 5.82 Å². The van der Waals surface area contributed by atoms with Crippen molar-refractivity contribution in [2.24, 2.45) is 0 Å². The van der Waals surface area contributed by atoms with Gasteiger partial charge in [-0.1, -0.05) is 6.07 Å². The third kappa shape index (κ3) is 5.83. The molecule has 1 aromatic heterocycles. The lowest BCUT2D eigenvalue weighted by Crippen LogP contribution is -2.20. The highest BCUT2D eigenvalue weighted by molar-refractivity contribution is 5.38. The Labute approximate surface area is 103 Å². The van der Waals surface area contributed by atoms with Gasteiger partial charge in [0.25, 0.3) is 0 Å². The third-order valence-corrected chi connectivity index (χ3v) is 2.24. The van der Waals surface area contributed by atoms with Crippen LogP contribution in [0.15, 0.2) is 18.3 Å². The molecule has 7 heteroatoms. The second-order valence-corrected chi connectivity index (χ2v) is 3.86. The molecule has 102 valence electrons. The normalized spacial score (nSPS) is 13.6. The third-order valence-electron chi connectivity index (χ3n) is 2.24. The van der Waals surface area contributed by atoms with Gasteiger partial charge >= 0.3 is 6.18 Å². The fourth-order valence-corrected chi connectivity index (χ4v) is 1.39. The molecule has 0 aliphatic heterocycles. The molecule has 4 nitrogen and oxygen atoms in total. The number of hydrogen-bond donors (Lipinski definition) is 2. The molecule has 1 rings (SSSR count). The highest BCUT2D eigenvalue weighted by atomic mass is 19.4. The van der Waals surface area contributed by atoms with Crippen molar-refractivity contribution < 1.29 is 23.0 Å². The molecule has 0 saturated heterocycles. The number of hydrogen-bond acceptors (Lipinski definition) is 4. The highest BCUT2D eigenvalue weighted by Crippen LogP contribution is 2.15. The number of rotatable bonds is 6. The van der Waals surface area contributed by atoms with Gasteiger partial charge in [0.15, 0.2) is 0 Å². The van der Waals surface area contributed by atoms with E-state index in [1.807, 2.05) is 0 Å². The van der Waals surface area contributed by atoms with Crippen LogP contribution in [0.2, 0.25) is 0 Å². The molecule has 0 radical (unpaired) electrons. The molecule has 0 aliphatic carbocycles. The molecule has 0 bridgehead atoms. The standard InChI is InChI=1S/C11H15F3N2O2/c12-11(13,14)7-18-5-3-9(17)6-8-2-1-4-16-10(8)15/h1-2,4,9,17H,3,5-7H2,(H2,15,16). The fraction of sp³-hybridized carbons (Fsp3) is 0.545. The minimum Gasteiger partial charge on any atom is -0.393 e. The topological polar surface area (TPSA) is 68.4 Å². The maximum absolute atomic E-state index is 11.8. The fourth-order valence-electron chi connectivity index (χ4n) is 1.39. The zero-order valence-electron chi connectivity index (χ0n) is 9.65. The van der Waals surface area contributed by atoms with Gasteiger partial charge in [-0.25, -0.2) is 4.98 Å². The lowest BCUT2D eigenvalue weighted by Gasteiger charge is -2.12. The predicted molar refractivity (Wildman–Crippen MR) is 59.9 cm³/mol. The van der Waals surface area contributed by atoms with Crippen molar-refractivity contribution in [2.75, 3.05) is 18.9 Å². The van der Waals surface area contributed by atoms with Crippen molar-refractivity contribution in [1.82, 2.24) is 4.98 Å². The average molecular weight is 264 g/mol. The summed E-state index contributed by atoms with van der Waals surface area (Å²) in [7, 11) is 0. The van der Waals surface area contributed by atoms with Crippen LogP contribution in [-0.4, -0.2) is 35.6 Å². The molecule has 0 saturated carbocycles. The number of aromatic nitrogens is 1. The largest absolute Gasteiger partial charge is 0.411 e. The number of aliphatic hydroxyl groups excluding tert-OH is 1. The summed E-state index contributed by atoms with van der Waals surface area (Å²) in [6.45, 7) is -1.45. The van der Waals surface area contributed by atoms with Gasteiger partial charge in [-0.05, 0) is 18.1 Å². The summed E-state index contributed by atoms with van der Waals surface area (Å²) in [6, 6.07) is 3.39. The van der Waals surface area contributed by atoms with E-state index in [9.17, 15) is 18.3 Å². The maximum Gasteiger partial charge on any atom is 0.411 e. The lowest BCUT2D eigenvalue weighted by molar-refractivity contribution is -0.175. The molecule has 1 atom stereocenters. The molecule has 18 heavy (non-hydrogen) atoms. The zero-order valence-corrected chi connectivity index (χ0v) is 9.65. The van der Waals surface area contributed by atoms with Gasteiger partial charge in [-0.2, -0.15) is 13.2 Å².